The highest BCUT2D eigenvalue weighted by Crippen LogP contribution is 2.39. The van der Waals surface area contributed by atoms with Crippen LogP contribution in [-0.2, 0) is 0 Å². The maximum absolute atomic E-state index is 9.53. The summed E-state index contributed by atoms with van der Waals surface area (Å²) in [6.45, 7) is 1.32. The predicted molar refractivity (Wildman–Crippen MR) is 44.6 cm³/mol. The van der Waals surface area contributed by atoms with Crippen LogP contribution >= 0.6 is 11.8 Å². The second kappa shape index (κ2) is 2.97. The molecule has 0 amide bonds. The van der Waals surface area contributed by atoms with Crippen LogP contribution in [0.4, 0.5) is 0 Å². The van der Waals surface area contributed by atoms with Crippen molar-refractivity contribution in [3.63, 3.8) is 0 Å². The van der Waals surface area contributed by atoms with Gasteiger partial charge in [0, 0.05) is 0 Å². The first-order valence-corrected chi connectivity index (χ1v) is 4.36. The Hall–Kier alpha value is 0.295. The van der Waals surface area contributed by atoms with Crippen molar-refractivity contribution in [3.05, 3.63) is 0 Å². The average molecular weight is 174 g/mol. The Labute approximate surface area is 71.2 Å². The quantitative estimate of drug-likeness (QED) is 0.432. The molecular formula is C6H11BO3S. The van der Waals surface area contributed by atoms with Gasteiger partial charge in [0.05, 0.1) is 31.4 Å². The molecule has 1 heterocycles. The highest BCUT2D eigenvalue weighted by Gasteiger charge is 2.48. The molecule has 0 aromatic heterocycles. The van der Waals surface area contributed by atoms with E-state index in [4.69, 9.17) is 13.0 Å². The second-order valence-electron chi connectivity index (χ2n) is 2.95. The van der Waals surface area contributed by atoms with Crippen molar-refractivity contribution < 1.29 is 15.3 Å². The van der Waals surface area contributed by atoms with Crippen LogP contribution < -0.4 is 0 Å². The molecule has 3 nitrogen and oxygen atoms in total. The van der Waals surface area contributed by atoms with Crippen molar-refractivity contribution in [1.82, 2.24) is 0 Å². The first-order valence-electron chi connectivity index (χ1n) is 3.42. The van der Waals surface area contributed by atoms with E-state index in [9.17, 15) is 10.2 Å². The van der Waals surface area contributed by atoms with E-state index in [1.807, 2.05) is 0 Å². The zero-order chi connectivity index (χ0) is 8.65. The molecule has 1 saturated heterocycles. The predicted octanol–water partition coefficient (Wildman–Crippen LogP) is -1.30. The van der Waals surface area contributed by atoms with Crippen LogP contribution in [0.3, 0.4) is 0 Å². The van der Waals surface area contributed by atoms with Crippen LogP contribution in [0.1, 0.15) is 6.92 Å². The van der Waals surface area contributed by atoms with Crippen LogP contribution in [-0.4, -0.2) is 51.9 Å². The molecule has 3 N–H and O–H groups in total. The van der Waals surface area contributed by atoms with Gasteiger partial charge < -0.3 is 15.3 Å². The molecule has 0 aliphatic carbocycles. The minimum absolute atomic E-state index is 0.157. The summed E-state index contributed by atoms with van der Waals surface area (Å²) in [4.78, 5) is 0. The summed E-state index contributed by atoms with van der Waals surface area (Å²) in [5.74, 6) is 0. The van der Waals surface area contributed by atoms with Gasteiger partial charge in [-0.1, -0.05) is 0 Å². The maximum Gasteiger partial charge on any atom is 0.0967 e. The molecule has 1 aliphatic rings. The van der Waals surface area contributed by atoms with Gasteiger partial charge in [-0.3, -0.25) is 0 Å². The van der Waals surface area contributed by atoms with Crippen LogP contribution in [0, 0.1) is 0 Å². The third-order valence-electron chi connectivity index (χ3n) is 2.03. The fourth-order valence-corrected chi connectivity index (χ4v) is 2.39. The molecule has 4 unspecified atom stereocenters. The fourth-order valence-electron chi connectivity index (χ4n) is 1.09. The summed E-state index contributed by atoms with van der Waals surface area (Å²) < 4.78 is 0. The summed E-state index contributed by atoms with van der Waals surface area (Å²) in [6, 6.07) is 0. The van der Waals surface area contributed by atoms with Gasteiger partial charge in [-0.15, -0.1) is 0 Å². The number of aliphatic hydroxyl groups excluding tert-OH is 2. The minimum atomic E-state index is -1.28. The standard InChI is InChI=1S/C6H11BO3S/c1-6(10)4(9)3(2-8)11-5(6)7/h3-5,8-10H,2H2,1H3. The largest absolute Gasteiger partial charge is 0.395 e. The number of hydrogen-bond acceptors (Lipinski definition) is 4. The SMILES string of the molecule is [B]C1SC(CO)C(O)C1(C)O. The van der Waals surface area contributed by atoms with E-state index in [-0.39, 0.29) is 11.9 Å². The van der Waals surface area contributed by atoms with Crippen LogP contribution in [0.25, 0.3) is 0 Å². The van der Waals surface area contributed by atoms with Crippen LogP contribution in [0.5, 0.6) is 0 Å². The number of aliphatic hydroxyl groups is 3. The molecule has 2 radical (unpaired) electrons. The Morgan fingerprint density at radius 3 is 2.36 bits per heavy atom. The van der Waals surface area contributed by atoms with E-state index in [0.29, 0.717) is 0 Å². The van der Waals surface area contributed by atoms with E-state index in [0.717, 1.165) is 0 Å². The van der Waals surface area contributed by atoms with Crippen molar-refractivity contribution in [3.8, 4) is 0 Å². The molecule has 0 aromatic carbocycles. The van der Waals surface area contributed by atoms with Gasteiger partial charge in [-0.05, 0) is 12.1 Å². The molecule has 62 valence electrons. The van der Waals surface area contributed by atoms with Gasteiger partial charge >= 0.3 is 0 Å². The van der Waals surface area contributed by atoms with E-state index in [1.54, 1.807) is 0 Å². The fraction of sp³-hybridized carbons (Fsp3) is 1.00. The Kier molecular flexibility index (Phi) is 2.54. The lowest BCUT2D eigenvalue weighted by Gasteiger charge is -2.25. The van der Waals surface area contributed by atoms with Gasteiger partial charge in [0.2, 0.25) is 0 Å². The number of rotatable bonds is 1. The van der Waals surface area contributed by atoms with Gasteiger partial charge in [-0.25, -0.2) is 0 Å². The summed E-state index contributed by atoms with van der Waals surface area (Å²) in [5, 5.41) is 26.8. The Morgan fingerprint density at radius 2 is 2.18 bits per heavy atom. The summed E-state index contributed by atoms with van der Waals surface area (Å²) >= 11 is 1.21. The van der Waals surface area contributed by atoms with E-state index < -0.39 is 16.9 Å². The lowest BCUT2D eigenvalue weighted by atomic mass is 9.83. The third kappa shape index (κ3) is 1.43. The topological polar surface area (TPSA) is 60.7 Å². The van der Waals surface area contributed by atoms with Crippen LogP contribution in [0.2, 0.25) is 0 Å². The molecule has 1 fully saturated rings. The molecule has 0 aromatic rings. The normalized spacial score (nSPS) is 51.5. The van der Waals surface area contributed by atoms with Crippen molar-refractivity contribution in [2.45, 2.75) is 29.0 Å². The van der Waals surface area contributed by atoms with Gasteiger partial charge in [0.25, 0.3) is 0 Å². The molecule has 4 atom stereocenters. The maximum atomic E-state index is 9.53. The van der Waals surface area contributed by atoms with Crippen molar-refractivity contribution in [2.75, 3.05) is 6.61 Å². The van der Waals surface area contributed by atoms with E-state index in [1.165, 1.54) is 18.7 Å². The van der Waals surface area contributed by atoms with E-state index in [2.05, 4.69) is 0 Å². The zero-order valence-electron chi connectivity index (χ0n) is 6.27. The highest BCUT2D eigenvalue weighted by atomic mass is 32.2. The smallest absolute Gasteiger partial charge is 0.0967 e. The van der Waals surface area contributed by atoms with Crippen molar-refractivity contribution in [1.29, 1.82) is 0 Å². The van der Waals surface area contributed by atoms with Gasteiger partial charge in [-0.2, -0.15) is 11.8 Å². The molecular weight excluding hydrogens is 163 g/mol. The summed E-state index contributed by atoms with van der Waals surface area (Å²) in [5.41, 5.74) is -1.28. The van der Waals surface area contributed by atoms with Crippen molar-refractivity contribution >= 4 is 19.6 Å². The van der Waals surface area contributed by atoms with Gasteiger partial charge in [0.1, 0.15) is 0 Å². The number of hydrogen-bond donors (Lipinski definition) is 3. The van der Waals surface area contributed by atoms with E-state index >= 15 is 0 Å². The average Bonchev–Trinajstić information content (AvgIpc) is 2.14. The zero-order valence-corrected chi connectivity index (χ0v) is 7.08. The summed E-state index contributed by atoms with van der Waals surface area (Å²) in [6.07, 6.45) is -0.938. The molecule has 0 saturated carbocycles. The molecule has 5 heteroatoms. The summed E-state index contributed by atoms with van der Waals surface area (Å²) in [7, 11) is 5.51. The Bertz CT molecular complexity index is 153. The second-order valence-corrected chi connectivity index (χ2v) is 4.33. The minimum Gasteiger partial charge on any atom is -0.395 e. The van der Waals surface area contributed by atoms with Crippen LogP contribution in [0.15, 0.2) is 0 Å². The molecule has 11 heavy (non-hydrogen) atoms. The lowest BCUT2D eigenvalue weighted by Crippen LogP contribution is -2.45. The molecule has 1 aliphatic heterocycles. The van der Waals surface area contributed by atoms with Gasteiger partial charge in [0.15, 0.2) is 0 Å². The monoisotopic (exact) mass is 174 g/mol. The Balaban J connectivity index is 2.71. The highest BCUT2D eigenvalue weighted by molar-refractivity contribution is 8.02. The first-order chi connectivity index (χ1) is 5.00. The lowest BCUT2D eigenvalue weighted by molar-refractivity contribution is -0.0465. The third-order valence-corrected chi connectivity index (χ3v) is 3.56. The molecule has 0 spiro atoms. The Morgan fingerprint density at radius 1 is 1.64 bits per heavy atom. The number of thioether (sulfide) groups is 1. The van der Waals surface area contributed by atoms with Crippen molar-refractivity contribution in [2.24, 2.45) is 0 Å². The molecule has 0 bridgehead atoms. The molecule has 1 rings (SSSR count). The first kappa shape index (κ1) is 9.38.